The first-order valence-corrected chi connectivity index (χ1v) is 11.3. The number of hydrogen-bond donors (Lipinski definition) is 0. The molecule has 1 fully saturated rings. The standard InChI is InChI=1S/C23H18BrN3O4S/c1-14-11-17(15(2)26(14)19-9-5-18(24)6-10-19)12-21-22(28)25(23(29)32-21)13-16-3-7-20(8-4-16)27(30)31/h3-12H,13H2,1-2H3/b21-12-. The van der Waals surface area contributed by atoms with Gasteiger partial charge < -0.3 is 4.57 Å². The van der Waals surface area contributed by atoms with Crippen molar-refractivity contribution < 1.29 is 14.5 Å². The molecule has 0 N–H and O–H groups in total. The summed E-state index contributed by atoms with van der Waals surface area (Å²) in [5.74, 6) is -0.369. The van der Waals surface area contributed by atoms with Crippen LogP contribution in [0.3, 0.4) is 0 Å². The summed E-state index contributed by atoms with van der Waals surface area (Å²) in [5, 5.41) is 10.4. The molecular formula is C23H18BrN3O4S. The lowest BCUT2D eigenvalue weighted by Gasteiger charge is -2.12. The normalized spacial score (nSPS) is 15.1. The van der Waals surface area contributed by atoms with Crippen molar-refractivity contribution in [3.63, 3.8) is 0 Å². The number of aryl methyl sites for hydroxylation is 1. The second-order valence-corrected chi connectivity index (χ2v) is 9.24. The van der Waals surface area contributed by atoms with Gasteiger partial charge >= 0.3 is 0 Å². The summed E-state index contributed by atoms with van der Waals surface area (Å²) in [6.07, 6.45) is 1.75. The number of imide groups is 1. The van der Waals surface area contributed by atoms with Crippen LogP contribution >= 0.6 is 27.7 Å². The van der Waals surface area contributed by atoms with Crippen LogP contribution in [-0.4, -0.2) is 25.5 Å². The van der Waals surface area contributed by atoms with Crippen LogP contribution in [0, 0.1) is 24.0 Å². The molecule has 2 amide bonds. The summed E-state index contributed by atoms with van der Waals surface area (Å²) < 4.78 is 3.09. The Hall–Kier alpha value is -3.17. The number of aromatic nitrogens is 1. The minimum absolute atomic E-state index is 0.0380. The first kappa shape index (κ1) is 22.0. The van der Waals surface area contributed by atoms with E-state index in [0.717, 1.165) is 43.8 Å². The van der Waals surface area contributed by atoms with Gasteiger partial charge in [0, 0.05) is 33.7 Å². The minimum Gasteiger partial charge on any atom is -0.318 e. The Balaban J connectivity index is 1.58. The lowest BCUT2D eigenvalue weighted by Crippen LogP contribution is -2.27. The number of halogens is 1. The van der Waals surface area contributed by atoms with Crippen LogP contribution in [0.15, 0.2) is 64.0 Å². The Kier molecular flexibility index (Phi) is 6.03. The van der Waals surface area contributed by atoms with E-state index in [-0.39, 0.29) is 23.4 Å². The van der Waals surface area contributed by atoms with Gasteiger partial charge in [0.1, 0.15) is 0 Å². The largest absolute Gasteiger partial charge is 0.318 e. The number of carbonyl (C=O) groups is 2. The number of nitro benzene ring substituents is 1. The molecule has 2 aromatic carbocycles. The molecule has 1 aromatic heterocycles. The highest BCUT2D eigenvalue weighted by molar-refractivity contribution is 9.10. The van der Waals surface area contributed by atoms with Crippen molar-refractivity contribution in [1.82, 2.24) is 9.47 Å². The zero-order valence-corrected chi connectivity index (χ0v) is 19.6. The highest BCUT2D eigenvalue weighted by Crippen LogP contribution is 2.35. The van der Waals surface area contributed by atoms with Crippen molar-refractivity contribution in [3.8, 4) is 5.69 Å². The fraction of sp³-hybridized carbons (Fsp3) is 0.130. The van der Waals surface area contributed by atoms with Gasteiger partial charge in [0.25, 0.3) is 16.8 Å². The molecule has 0 radical (unpaired) electrons. The molecule has 1 aliphatic rings. The molecule has 0 aliphatic carbocycles. The van der Waals surface area contributed by atoms with Crippen LogP contribution in [0.2, 0.25) is 0 Å². The lowest BCUT2D eigenvalue weighted by atomic mass is 10.2. The molecule has 32 heavy (non-hydrogen) atoms. The fourth-order valence-corrected chi connectivity index (χ4v) is 4.70. The highest BCUT2D eigenvalue weighted by atomic mass is 79.9. The van der Waals surface area contributed by atoms with Crippen molar-refractivity contribution in [1.29, 1.82) is 0 Å². The van der Waals surface area contributed by atoms with E-state index in [2.05, 4.69) is 20.5 Å². The maximum atomic E-state index is 12.9. The molecule has 7 nitrogen and oxygen atoms in total. The van der Waals surface area contributed by atoms with Crippen molar-refractivity contribution >= 4 is 50.6 Å². The van der Waals surface area contributed by atoms with E-state index >= 15 is 0 Å². The number of benzene rings is 2. The minimum atomic E-state index is -0.489. The summed E-state index contributed by atoms with van der Waals surface area (Å²) in [4.78, 5) is 37.2. The first-order chi connectivity index (χ1) is 15.2. The van der Waals surface area contributed by atoms with Crippen LogP contribution in [0.1, 0.15) is 22.5 Å². The number of hydrogen-bond acceptors (Lipinski definition) is 5. The molecule has 4 rings (SSSR count). The highest BCUT2D eigenvalue weighted by Gasteiger charge is 2.35. The average molecular weight is 512 g/mol. The molecule has 3 aromatic rings. The van der Waals surface area contributed by atoms with Gasteiger partial charge in [0.05, 0.1) is 16.4 Å². The quantitative estimate of drug-likeness (QED) is 0.238. The number of carbonyl (C=O) groups excluding carboxylic acids is 2. The van der Waals surface area contributed by atoms with Crippen molar-refractivity contribution in [2.24, 2.45) is 0 Å². The molecule has 0 bridgehead atoms. The summed E-state index contributed by atoms with van der Waals surface area (Å²) in [5.41, 5.74) is 4.46. The SMILES string of the molecule is Cc1cc(/C=C2\SC(=O)N(Cc3ccc([N+](=O)[O-])cc3)C2=O)c(C)n1-c1ccc(Br)cc1. The monoisotopic (exact) mass is 511 g/mol. The summed E-state index contributed by atoms with van der Waals surface area (Å²) in [7, 11) is 0. The summed E-state index contributed by atoms with van der Waals surface area (Å²) in [6, 6.07) is 15.8. The first-order valence-electron chi connectivity index (χ1n) is 9.68. The van der Waals surface area contributed by atoms with Gasteiger partial charge in [-0.1, -0.05) is 28.1 Å². The van der Waals surface area contributed by atoms with Gasteiger partial charge in [0.15, 0.2) is 0 Å². The zero-order chi connectivity index (χ0) is 23.0. The number of amides is 2. The third-order valence-electron chi connectivity index (χ3n) is 5.20. The second kappa shape index (κ2) is 8.76. The van der Waals surface area contributed by atoms with E-state index in [9.17, 15) is 19.7 Å². The van der Waals surface area contributed by atoms with Crippen LogP contribution in [0.4, 0.5) is 10.5 Å². The smallest absolute Gasteiger partial charge is 0.293 e. The molecule has 0 spiro atoms. The maximum absolute atomic E-state index is 12.9. The third kappa shape index (κ3) is 4.26. The number of nitro groups is 1. The van der Waals surface area contributed by atoms with Crippen LogP contribution in [0.25, 0.3) is 11.8 Å². The maximum Gasteiger partial charge on any atom is 0.293 e. The Bertz CT molecular complexity index is 1260. The Morgan fingerprint density at radius 3 is 2.34 bits per heavy atom. The predicted molar refractivity (Wildman–Crippen MR) is 128 cm³/mol. The Morgan fingerprint density at radius 1 is 1.06 bits per heavy atom. The molecule has 1 aliphatic heterocycles. The van der Waals surface area contributed by atoms with Gasteiger partial charge in [0.2, 0.25) is 0 Å². The predicted octanol–water partition coefficient (Wildman–Crippen LogP) is 6.00. The number of rotatable bonds is 5. The number of non-ortho nitro benzene ring substituents is 1. The van der Waals surface area contributed by atoms with E-state index in [4.69, 9.17) is 0 Å². The fourth-order valence-electron chi connectivity index (χ4n) is 3.60. The van der Waals surface area contributed by atoms with Gasteiger partial charge in [-0.15, -0.1) is 0 Å². The van der Waals surface area contributed by atoms with E-state index in [0.29, 0.717) is 10.5 Å². The van der Waals surface area contributed by atoms with Crippen LogP contribution in [-0.2, 0) is 11.3 Å². The van der Waals surface area contributed by atoms with E-state index < -0.39 is 4.92 Å². The number of thioether (sulfide) groups is 1. The summed E-state index contributed by atoms with van der Waals surface area (Å²) >= 11 is 4.34. The second-order valence-electron chi connectivity index (χ2n) is 7.33. The van der Waals surface area contributed by atoms with Crippen LogP contribution < -0.4 is 0 Å². The van der Waals surface area contributed by atoms with Gasteiger partial charge in [-0.3, -0.25) is 24.6 Å². The van der Waals surface area contributed by atoms with E-state index in [1.165, 1.54) is 12.1 Å². The van der Waals surface area contributed by atoms with E-state index in [1.807, 2.05) is 44.2 Å². The molecular weight excluding hydrogens is 494 g/mol. The molecule has 2 heterocycles. The molecule has 0 unspecified atom stereocenters. The van der Waals surface area contributed by atoms with Crippen molar-refractivity contribution in [3.05, 3.63) is 96.6 Å². The van der Waals surface area contributed by atoms with Gasteiger partial charge in [-0.25, -0.2) is 0 Å². The third-order valence-corrected chi connectivity index (χ3v) is 6.64. The number of nitrogens with zero attached hydrogens (tertiary/aromatic N) is 3. The van der Waals surface area contributed by atoms with Gasteiger partial charge in [-0.2, -0.15) is 0 Å². The summed E-state index contributed by atoms with van der Waals surface area (Å²) in [6.45, 7) is 4.03. The topological polar surface area (TPSA) is 85.5 Å². The molecule has 0 saturated carbocycles. The van der Waals surface area contributed by atoms with Crippen molar-refractivity contribution in [2.75, 3.05) is 0 Å². The Morgan fingerprint density at radius 2 is 1.72 bits per heavy atom. The molecule has 1 saturated heterocycles. The van der Waals surface area contributed by atoms with Gasteiger partial charge in [-0.05, 0) is 73.1 Å². The zero-order valence-electron chi connectivity index (χ0n) is 17.2. The van der Waals surface area contributed by atoms with E-state index in [1.54, 1.807) is 18.2 Å². The molecule has 162 valence electrons. The molecule has 0 atom stereocenters. The van der Waals surface area contributed by atoms with Crippen LogP contribution in [0.5, 0.6) is 0 Å². The van der Waals surface area contributed by atoms with Crippen molar-refractivity contribution in [2.45, 2.75) is 20.4 Å². The Labute approximate surface area is 197 Å². The lowest BCUT2D eigenvalue weighted by molar-refractivity contribution is -0.384. The molecule has 9 heteroatoms. The average Bonchev–Trinajstić information content (AvgIpc) is 3.18.